The van der Waals surface area contributed by atoms with Crippen LogP contribution in [0.4, 0.5) is 0 Å². The SMILES string of the molecule is CC(CO)C(C)NC1CCN(Cc2cccnc2)CC1. The largest absolute Gasteiger partial charge is 0.396 e. The van der Waals surface area contributed by atoms with E-state index in [1.807, 2.05) is 18.5 Å². The second kappa shape index (κ2) is 7.72. The Hall–Kier alpha value is -0.970. The van der Waals surface area contributed by atoms with Crippen LogP contribution in [-0.4, -0.2) is 46.8 Å². The van der Waals surface area contributed by atoms with Gasteiger partial charge < -0.3 is 10.4 Å². The zero-order valence-corrected chi connectivity index (χ0v) is 12.6. The van der Waals surface area contributed by atoms with E-state index in [1.54, 1.807) is 0 Å². The van der Waals surface area contributed by atoms with Crippen molar-refractivity contribution in [3.8, 4) is 0 Å². The van der Waals surface area contributed by atoms with Gasteiger partial charge in [-0.15, -0.1) is 0 Å². The molecule has 0 spiro atoms. The third-order valence-corrected chi connectivity index (χ3v) is 4.36. The van der Waals surface area contributed by atoms with Gasteiger partial charge in [-0.3, -0.25) is 9.88 Å². The third kappa shape index (κ3) is 4.54. The zero-order valence-electron chi connectivity index (χ0n) is 12.6. The third-order valence-electron chi connectivity index (χ3n) is 4.36. The fourth-order valence-corrected chi connectivity index (χ4v) is 2.70. The number of nitrogens with one attached hydrogen (secondary N) is 1. The van der Waals surface area contributed by atoms with E-state index < -0.39 is 0 Å². The maximum atomic E-state index is 9.19. The van der Waals surface area contributed by atoms with E-state index in [4.69, 9.17) is 0 Å². The van der Waals surface area contributed by atoms with E-state index in [9.17, 15) is 5.11 Å². The second-order valence-corrected chi connectivity index (χ2v) is 6.03. The summed E-state index contributed by atoms with van der Waals surface area (Å²) in [6.07, 6.45) is 6.14. The van der Waals surface area contributed by atoms with Crippen LogP contribution in [0.3, 0.4) is 0 Å². The Bertz CT molecular complexity index is 377. The number of hydrogen-bond acceptors (Lipinski definition) is 4. The molecule has 0 aromatic carbocycles. The molecule has 112 valence electrons. The van der Waals surface area contributed by atoms with Gasteiger partial charge >= 0.3 is 0 Å². The number of aromatic nitrogens is 1. The molecule has 0 bridgehead atoms. The van der Waals surface area contributed by atoms with Gasteiger partial charge in [-0.2, -0.15) is 0 Å². The molecule has 1 aliphatic heterocycles. The number of nitrogens with zero attached hydrogens (tertiary/aromatic N) is 2. The highest BCUT2D eigenvalue weighted by Gasteiger charge is 2.22. The lowest BCUT2D eigenvalue weighted by molar-refractivity contribution is 0.161. The van der Waals surface area contributed by atoms with Crippen molar-refractivity contribution in [2.45, 2.75) is 45.3 Å². The zero-order chi connectivity index (χ0) is 14.4. The topological polar surface area (TPSA) is 48.4 Å². The molecule has 2 unspecified atom stereocenters. The van der Waals surface area contributed by atoms with Gasteiger partial charge in [0.05, 0.1) is 0 Å². The first-order chi connectivity index (χ1) is 9.69. The predicted octanol–water partition coefficient (Wildman–Crippen LogP) is 1.65. The standard InChI is InChI=1S/C16H27N3O/c1-13(12-20)14(2)18-16-5-8-19(9-6-16)11-15-4-3-7-17-10-15/h3-4,7,10,13-14,16,18,20H,5-6,8-9,11-12H2,1-2H3. The number of likely N-dealkylation sites (tertiary alicyclic amines) is 1. The summed E-state index contributed by atoms with van der Waals surface area (Å²) < 4.78 is 0. The van der Waals surface area contributed by atoms with Crippen molar-refractivity contribution in [2.24, 2.45) is 5.92 Å². The van der Waals surface area contributed by atoms with Crippen LogP contribution in [0.25, 0.3) is 0 Å². The number of hydrogen-bond donors (Lipinski definition) is 2. The van der Waals surface area contributed by atoms with E-state index in [0.29, 0.717) is 18.0 Å². The number of pyridine rings is 1. The van der Waals surface area contributed by atoms with Crippen LogP contribution in [0, 0.1) is 5.92 Å². The van der Waals surface area contributed by atoms with Gasteiger partial charge in [-0.1, -0.05) is 13.0 Å². The first-order valence-corrected chi connectivity index (χ1v) is 7.67. The highest BCUT2D eigenvalue weighted by Crippen LogP contribution is 2.15. The van der Waals surface area contributed by atoms with E-state index in [1.165, 1.54) is 18.4 Å². The van der Waals surface area contributed by atoms with Gasteiger partial charge in [0.2, 0.25) is 0 Å². The van der Waals surface area contributed by atoms with Crippen molar-refractivity contribution < 1.29 is 5.11 Å². The maximum absolute atomic E-state index is 9.19. The number of aliphatic hydroxyl groups excluding tert-OH is 1. The van der Waals surface area contributed by atoms with Crippen LogP contribution in [0.1, 0.15) is 32.3 Å². The predicted molar refractivity (Wildman–Crippen MR) is 81.4 cm³/mol. The summed E-state index contributed by atoms with van der Waals surface area (Å²) in [4.78, 5) is 6.67. The minimum atomic E-state index is 0.258. The lowest BCUT2D eigenvalue weighted by Gasteiger charge is -2.35. The molecule has 1 fully saturated rings. The van der Waals surface area contributed by atoms with Gasteiger partial charge in [0.15, 0.2) is 0 Å². The van der Waals surface area contributed by atoms with Crippen LogP contribution in [-0.2, 0) is 6.54 Å². The molecule has 4 heteroatoms. The van der Waals surface area contributed by atoms with E-state index >= 15 is 0 Å². The smallest absolute Gasteiger partial charge is 0.0471 e. The number of aliphatic hydroxyl groups is 1. The molecule has 1 saturated heterocycles. The number of piperidine rings is 1. The Morgan fingerprint density at radius 3 is 2.75 bits per heavy atom. The molecule has 20 heavy (non-hydrogen) atoms. The van der Waals surface area contributed by atoms with Gasteiger partial charge in [0.25, 0.3) is 0 Å². The maximum Gasteiger partial charge on any atom is 0.0471 e. The Balaban J connectivity index is 1.72. The number of rotatable bonds is 6. The Morgan fingerprint density at radius 2 is 2.15 bits per heavy atom. The molecule has 2 atom stereocenters. The van der Waals surface area contributed by atoms with Crippen LogP contribution < -0.4 is 5.32 Å². The normalized spacial score (nSPS) is 20.8. The molecule has 0 saturated carbocycles. The molecular formula is C16H27N3O. The molecule has 1 aromatic rings. The molecular weight excluding hydrogens is 250 g/mol. The molecule has 2 N–H and O–H groups in total. The second-order valence-electron chi connectivity index (χ2n) is 6.03. The quantitative estimate of drug-likeness (QED) is 0.830. The van der Waals surface area contributed by atoms with Crippen molar-refractivity contribution in [3.63, 3.8) is 0 Å². The highest BCUT2D eigenvalue weighted by atomic mass is 16.3. The first kappa shape index (κ1) is 15.4. The van der Waals surface area contributed by atoms with Crippen molar-refractivity contribution in [2.75, 3.05) is 19.7 Å². The van der Waals surface area contributed by atoms with Crippen molar-refractivity contribution in [1.82, 2.24) is 15.2 Å². The van der Waals surface area contributed by atoms with Crippen molar-refractivity contribution in [3.05, 3.63) is 30.1 Å². The highest BCUT2D eigenvalue weighted by molar-refractivity contribution is 5.08. The van der Waals surface area contributed by atoms with Gasteiger partial charge in [-0.25, -0.2) is 0 Å². The summed E-state index contributed by atoms with van der Waals surface area (Å²) in [5.74, 6) is 0.323. The van der Waals surface area contributed by atoms with E-state index in [2.05, 4.69) is 35.1 Å². The van der Waals surface area contributed by atoms with Gasteiger partial charge in [0, 0.05) is 37.6 Å². The lowest BCUT2D eigenvalue weighted by Crippen LogP contribution is -2.47. The monoisotopic (exact) mass is 277 g/mol. The molecule has 2 rings (SSSR count). The Morgan fingerprint density at radius 1 is 1.40 bits per heavy atom. The summed E-state index contributed by atoms with van der Waals surface area (Å²) >= 11 is 0. The van der Waals surface area contributed by atoms with E-state index in [0.717, 1.165) is 19.6 Å². The minimum absolute atomic E-state index is 0.258. The molecule has 0 amide bonds. The lowest BCUT2D eigenvalue weighted by atomic mass is 9.99. The molecule has 4 nitrogen and oxygen atoms in total. The van der Waals surface area contributed by atoms with Crippen LogP contribution in [0.15, 0.2) is 24.5 Å². The molecule has 1 aliphatic rings. The van der Waals surface area contributed by atoms with Crippen LogP contribution in [0.2, 0.25) is 0 Å². The average molecular weight is 277 g/mol. The first-order valence-electron chi connectivity index (χ1n) is 7.67. The average Bonchev–Trinajstić information content (AvgIpc) is 2.49. The molecule has 0 aliphatic carbocycles. The van der Waals surface area contributed by atoms with Crippen molar-refractivity contribution >= 4 is 0 Å². The molecule has 0 radical (unpaired) electrons. The Labute approximate surface area is 122 Å². The fourth-order valence-electron chi connectivity index (χ4n) is 2.70. The summed E-state index contributed by atoms with van der Waals surface area (Å²) in [6.45, 7) is 7.79. The molecule has 2 heterocycles. The molecule has 1 aromatic heterocycles. The van der Waals surface area contributed by atoms with Crippen molar-refractivity contribution in [1.29, 1.82) is 0 Å². The summed E-state index contributed by atoms with van der Waals surface area (Å²) in [7, 11) is 0. The van der Waals surface area contributed by atoms with Crippen LogP contribution >= 0.6 is 0 Å². The van der Waals surface area contributed by atoms with Crippen LogP contribution in [0.5, 0.6) is 0 Å². The van der Waals surface area contributed by atoms with Gasteiger partial charge in [0.1, 0.15) is 0 Å². The Kier molecular flexibility index (Phi) is 5.95. The minimum Gasteiger partial charge on any atom is -0.396 e. The summed E-state index contributed by atoms with van der Waals surface area (Å²) in [5.41, 5.74) is 1.29. The summed E-state index contributed by atoms with van der Waals surface area (Å²) in [5, 5.41) is 12.8. The van der Waals surface area contributed by atoms with Gasteiger partial charge in [-0.05, 0) is 50.4 Å². The fraction of sp³-hybridized carbons (Fsp3) is 0.688. The van der Waals surface area contributed by atoms with E-state index in [-0.39, 0.29) is 6.61 Å². The summed E-state index contributed by atoms with van der Waals surface area (Å²) in [6, 6.07) is 5.11.